The molecule has 7 amide bonds. The average molecular weight is 1060 g/mol. The maximum absolute atomic E-state index is 14.6. The second-order valence-electron chi connectivity index (χ2n) is 16.8. The summed E-state index contributed by atoms with van der Waals surface area (Å²) in [6.07, 6.45) is -3.81. The van der Waals surface area contributed by atoms with Crippen LogP contribution in [0.3, 0.4) is 0 Å². The van der Waals surface area contributed by atoms with Crippen LogP contribution in [-0.4, -0.2) is 140 Å². The number of carbonyl (C=O) groups is 8. The Kier molecular flexibility index (Phi) is 22.8. The zero-order valence-electron chi connectivity index (χ0n) is 39.4. The van der Waals surface area contributed by atoms with E-state index in [1.807, 2.05) is 30.3 Å². The van der Waals surface area contributed by atoms with Crippen molar-refractivity contribution in [2.45, 2.75) is 100 Å². The molecule has 8 atom stereocenters. The van der Waals surface area contributed by atoms with Crippen molar-refractivity contribution >= 4 is 79.8 Å². The first-order valence-electron chi connectivity index (χ1n) is 22.7. The predicted octanol–water partition coefficient (Wildman–Crippen LogP) is 0.161. The molecule has 4 aromatic rings. The molecule has 1 aliphatic heterocycles. The quantitative estimate of drug-likeness (QED) is 0.0525. The van der Waals surface area contributed by atoms with E-state index in [0.717, 1.165) is 38.1 Å². The first kappa shape index (κ1) is 58.7. The molecule has 0 bridgehead atoms. The smallest absolute Gasteiger partial charge is 0.490 e. The number of aliphatic carboxylic acids is 1. The van der Waals surface area contributed by atoms with Crippen LogP contribution in [0.1, 0.15) is 42.9 Å². The van der Waals surface area contributed by atoms with Crippen molar-refractivity contribution in [2.75, 3.05) is 18.1 Å². The molecule has 0 spiro atoms. The van der Waals surface area contributed by atoms with Gasteiger partial charge in [-0.3, -0.25) is 33.6 Å². The minimum Gasteiger partial charge on any atom is -0.508 e. The molecular formula is C47H59F3N10O11S2. The third-order valence-corrected chi connectivity index (χ3v) is 13.5. The summed E-state index contributed by atoms with van der Waals surface area (Å²) in [7, 11) is 2.10. The number of aromatic nitrogens is 1. The number of unbranched alkanes of at least 4 members (excludes halogenated alkanes) is 1. The Morgan fingerprint density at radius 2 is 1.36 bits per heavy atom. The molecule has 5 rings (SSSR count). The minimum absolute atomic E-state index is 0.0267. The summed E-state index contributed by atoms with van der Waals surface area (Å²) >= 11 is 0. The molecule has 26 heteroatoms. The maximum atomic E-state index is 14.6. The van der Waals surface area contributed by atoms with Crippen molar-refractivity contribution in [1.29, 1.82) is 0 Å². The van der Waals surface area contributed by atoms with Crippen LogP contribution in [-0.2, 0) is 57.6 Å². The van der Waals surface area contributed by atoms with Crippen LogP contribution in [0, 0.1) is 0 Å². The SMILES string of the molecule is C[C@@H](O)[C@H](NC(=O)C1CSSCC(NC(=O)[C@H](N)Cc2ccccc2)C(=O)NC(Cc2ccc(O)cc2)C(=O)N[C@H](Cc2c[nH]c3ccccc23)C(=O)NC(CCCCN)C(=O)N1)C(N)=O.O=C(O)C(F)(F)F. The third-order valence-electron chi connectivity index (χ3n) is 11.1. The summed E-state index contributed by atoms with van der Waals surface area (Å²) in [6.45, 7) is 1.55. The van der Waals surface area contributed by atoms with Gasteiger partial charge in [-0.25, -0.2) is 4.79 Å². The van der Waals surface area contributed by atoms with Gasteiger partial charge in [0, 0.05) is 41.4 Å². The number of aromatic amines is 1. The summed E-state index contributed by atoms with van der Waals surface area (Å²) in [5.74, 6) is -8.69. The molecular weight excluding hydrogens is 1000 g/mol. The van der Waals surface area contributed by atoms with Gasteiger partial charge in [-0.05, 0) is 74.0 Å². The molecule has 1 aromatic heterocycles. The number of aliphatic hydroxyl groups is 1. The van der Waals surface area contributed by atoms with E-state index in [4.69, 9.17) is 27.1 Å². The number of nitrogens with one attached hydrogen (secondary N) is 7. The Morgan fingerprint density at radius 1 is 0.781 bits per heavy atom. The summed E-state index contributed by atoms with van der Waals surface area (Å²) in [6, 6.07) is 13.2. The van der Waals surface area contributed by atoms with Gasteiger partial charge in [0.15, 0.2) is 0 Å². The highest BCUT2D eigenvalue weighted by Crippen LogP contribution is 2.25. The molecule has 2 heterocycles. The molecule has 1 aliphatic rings. The standard InChI is InChI=1S/C45H58N10O9S2.C2HF3O2/c1-25(56)38(39(48)58)55-45(64)37-24-66-65-23-36(53-40(59)31(47)19-26-9-3-2-4-10-26)44(63)51-34(20-27-14-16-29(57)17-15-27)42(61)52-35(21-28-22-49-32-12-6-5-11-30(28)32)43(62)50-33(41(60)54-37)13-7-8-18-46;3-2(4,5)1(6)7/h2-6,9-12,14-17,22,25,31,33-38,49,56-57H,7-8,13,18-21,23-24,46-47H2,1H3,(H2,48,58)(H,50,62)(H,51,63)(H,52,61)(H,53,59)(H,54,60)(H,55,64);(H,6,7)/t25-,31-,33?,34?,35-,36?,37?,38+;/m1./s1. The monoisotopic (exact) mass is 1060 g/mol. The normalized spacial score (nSPS) is 20.5. The Bertz CT molecular complexity index is 2520. The highest BCUT2D eigenvalue weighted by Gasteiger charge is 2.39. The molecule has 396 valence electrons. The van der Waals surface area contributed by atoms with E-state index in [-0.39, 0.29) is 42.9 Å². The van der Waals surface area contributed by atoms with Gasteiger partial charge in [0.1, 0.15) is 42.0 Å². The Hall–Kier alpha value is -6.87. The number of carboxylic acid groups (broad SMARTS) is 1. The van der Waals surface area contributed by atoms with E-state index in [1.165, 1.54) is 19.1 Å². The number of carbonyl (C=O) groups excluding carboxylic acids is 7. The number of hydrogen-bond acceptors (Lipinski definition) is 14. The maximum Gasteiger partial charge on any atom is 0.490 e. The molecule has 4 unspecified atom stereocenters. The number of benzene rings is 3. The van der Waals surface area contributed by atoms with Crippen molar-refractivity contribution in [3.05, 3.63) is 102 Å². The number of nitrogens with two attached hydrogens (primary N) is 3. The number of alkyl halides is 3. The van der Waals surface area contributed by atoms with Gasteiger partial charge in [-0.15, -0.1) is 0 Å². The van der Waals surface area contributed by atoms with Crippen LogP contribution in [0.2, 0.25) is 0 Å². The average Bonchev–Trinajstić information content (AvgIpc) is 3.75. The van der Waals surface area contributed by atoms with Crippen molar-refractivity contribution in [3.63, 3.8) is 0 Å². The van der Waals surface area contributed by atoms with Gasteiger partial charge in [-0.2, -0.15) is 13.2 Å². The van der Waals surface area contributed by atoms with E-state index in [9.17, 15) is 56.9 Å². The summed E-state index contributed by atoms with van der Waals surface area (Å²) in [4.78, 5) is 109. The minimum atomic E-state index is -5.08. The number of aromatic hydroxyl groups is 1. The molecule has 0 saturated carbocycles. The molecule has 21 nitrogen and oxygen atoms in total. The van der Waals surface area contributed by atoms with E-state index in [2.05, 4.69) is 36.9 Å². The largest absolute Gasteiger partial charge is 0.508 e. The fraction of sp³-hybridized carbons (Fsp3) is 0.404. The molecule has 0 radical (unpaired) electrons. The van der Waals surface area contributed by atoms with Gasteiger partial charge >= 0.3 is 12.1 Å². The molecule has 3 aromatic carbocycles. The molecule has 73 heavy (non-hydrogen) atoms. The third kappa shape index (κ3) is 18.9. The first-order valence-corrected chi connectivity index (χ1v) is 25.2. The van der Waals surface area contributed by atoms with Crippen LogP contribution in [0.25, 0.3) is 10.9 Å². The second-order valence-corrected chi connectivity index (χ2v) is 19.4. The topological polar surface area (TPSA) is 363 Å². The van der Waals surface area contributed by atoms with Crippen LogP contribution < -0.4 is 49.1 Å². The highest BCUT2D eigenvalue weighted by atomic mass is 33.1. The number of halogens is 3. The lowest BCUT2D eigenvalue weighted by Gasteiger charge is -2.27. The van der Waals surface area contributed by atoms with Crippen LogP contribution >= 0.6 is 21.6 Å². The van der Waals surface area contributed by atoms with Gasteiger partial charge in [0.05, 0.1) is 12.1 Å². The summed E-state index contributed by atoms with van der Waals surface area (Å²) < 4.78 is 31.7. The van der Waals surface area contributed by atoms with Crippen molar-refractivity contribution < 1.29 is 66.8 Å². The van der Waals surface area contributed by atoms with Gasteiger partial charge < -0.3 is 69.4 Å². The number of fused-ring (bicyclic) bond motifs is 1. The molecule has 1 saturated heterocycles. The Labute approximate surface area is 424 Å². The lowest BCUT2D eigenvalue weighted by atomic mass is 10.0. The number of primary amides is 1. The van der Waals surface area contributed by atoms with Crippen LogP contribution in [0.15, 0.2) is 85.1 Å². The molecule has 1 fully saturated rings. The number of phenolic OH excluding ortho intramolecular Hbond substituents is 1. The van der Waals surface area contributed by atoms with Gasteiger partial charge in [0.2, 0.25) is 41.4 Å². The Morgan fingerprint density at radius 3 is 1.97 bits per heavy atom. The van der Waals surface area contributed by atoms with E-state index in [0.29, 0.717) is 30.5 Å². The number of H-pyrrole nitrogens is 1. The number of hydrogen-bond donors (Lipinski definition) is 13. The van der Waals surface area contributed by atoms with Crippen molar-refractivity contribution in [3.8, 4) is 5.75 Å². The number of para-hydroxylation sites is 1. The van der Waals surface area contributed by atoms with Gasteiger partial charge in [-0.1, -0.05) is 82.3 Å². The fourth-order valence-electron chi connectivity index (χ4n) is 7.18. The number of amides is 7. The zero-order chi connectivity index (χ0) is 53.8. The fourth-order valence-corrected chi connectivity index (χ4v) is 9.51. The highest BCUT2D eigenvalue weighted by molar-refractivity contribution is 8.76. The lowest BCUT2D eigenvalue weighted by molar-refractivity contribution is -0.192. The first-order chi connectivity index (χ1) is 34.6. The van der Waals surface area contributed by atoms with E-state index < -0.39 is 102 Å². The molecule has 0 aliphatic carbocycles. The lowest BCUT2D eigenvalue weighted by Crippen LogP contribution is -2.61. The van der Waals surface area contributed by atoms with Crippen molar-refractivity contribution in [2.24, 2.45) is 17.2 Å². The number of rotatable bonds is 16. The predicted molar refractivity (Wildman–Crippen MR) is 266 cm³/mol. The van der Waals surface area contributed by atoms with Crippen molar-refractivity contribution in [1.82, 2.24) is 36.9 Å². The number of phenols is 1. The van der Waals surface area contributed by atoms with E-state index >= 15 is 0 Å². The zero-order valence-corrected chi connectivity index (χ0v) is 41.0. The number of carboxylic acids is 1. The summed E-state index contributed by atoms with van der Waals surface area (Å²) in [5.41, 5.74) is 20.3. The van der Waals surface area contributed by atoms with Gasteiger partial charge in [0.25, 0.3) is 0 Å². The Balaban J connectivity index is 0.00000153. The van der Waals surface area contributed by atoms with Crippen LogP contribution in [0.5, 0.6) is 5.75 Å². The van der Waals surface area contributed by atoms with E-state index in [1.54, 1.807) is 42.6 Å². The molecule has 16 N–H and O–H groups in total. The van der Waals surface area contributed by atoms with Crippen LogP contribution in [0.4, 0.5) is 13.2 Å². The number of aliphatic hydroxyl groups excluding tert-OH is 1. The second kappa shape index (κ2) is 28.4. The summed E-state index contributed by atoms with van der Waals surface area (Å²) in [5, 5.41) is 44.2.